The number of rotatable bonds is 8. The predicted octanol–water partition coefficient (Wildman–Crippen LogP) is 1.50. The van der Waals surface area contributed by atoms with E-state index in [0.717, 1.165) is 11.5 Å². The molecule has 0 radical (unpaired) electrons. The van der Waals surface area contributed by atoms with E-state index in [2.05, 4.69) is 5.32 Å². The summed E-state index contributed by atoms with van der Waals surface area (Å²) in [6.45, 7) is 3.31. The highest BCUT2D eigenvalue weighted by Crippen LogP contribution is 2.28. The number of nitrogens with one attached hydrogen (secondary N) is 1. The standard InChI is InChI=1S/C14H21NO3S/c1-10-2-5-13(19-10)6-14(17)15-7-12(16)9-18-8-11-3-4-11/h2,5,11-12,16H,3-4,6-9H2,1H3,(H,15,17). The summed E-state index contributed by atoms with van der Waals surface area (Å²) < 4.78 is 5.37. The molecule has 0 aliphatic heterocycles. The number of aliphatic hydroxyl groups is 1. The molecule has 1 aliphatic carbocycles. The zero-order valence-electron chi connectivity index (χ0n) is 11.2. The van der Waals surface area contributed by atoms with Gasteiger partial charge < -0.3 is 15.2 Å². The summed E-state index contributed by atoms with van der Waals surface area (Å²) >= 11 is 1.63. The Balaban J connectivity index is 1.56. The van der Waals surface area contributed by atoms with Crippen LogP contribution in [-0.2, 0) is 16.0 Å². The number of carbonyl (C=O) groups is 1. The molecule has 1 amide bonds. The molecule has 1 aliphatic rings. The van der Waals surface area contributed by atoms with E-state index in [1.807, 2.05) is 19.1 Å². The lowest BCUT2D eigenvalue weighted by molar-refractivity contribution is -0.121. The molecule has 2 rings (SSSR count). The molecule has 1 aromatic rings. The van der Waals surface area contributed by atoms with E-state index >= 15 is 0 Å². The third-order valence-corrected chi connectivity index (χ3v) is 4.03. The Hall–Kier alpha value is -0.910. The van der Waals surface area contributed by atoms with Crippen LogP contribution in [0, 0.1) is 12.8 Å². The molecule has 0 saturated heterocycles. The molecule has 0 spiro atoms. The molecule has 4 nitrogen and oxygen atoms in total. The zero-order valence-corrected chi connectivity index (χ0v) is 12.0. The second kappa shape index (κ2) is 7.03. The number of hydrogen-bond acceptors (Lipinski definition) is 4. The van der Waals surface area contributed by atoms with Crippen molar-refractivity contribution in [3.63, 3.8) is 0 Å². The molecule has 19 heavy (non-hydrogen) atoms. The summed E-state index contributed by atoms with van der Waals surface area (Å²) in [4.78, 5) is 13.9. The largest absolute Gasteiger partial charge is 0.389 e. The van der Waals surface area contributed by atoms with Gasteiger partial charge >= 0.3 is 0 Å². The van der Waals surface area contributed by atoms with E-state index in [1.54, 1.807) is 11.3 Å². The van der Waals surface area contributed by atoms with E-state index in [9.17, 15) is 9.90 Å². The molecule has 1 atom stereocenters. The third kappa shape index (κ3) is 5.72. The maximum atomic E-state index is 11.7. The monoisotopic (exact) mass is 283 g/mol. The van der Waals surface area contributed by atoms with E-state index in [0.29, 0.717) is 18.9 Å². The van der Waals surface area contributed by atoms with Gasteiger partial charge in [0.2, 0.25) is 5.91 Å². The van der Waals surface area contributed by atoms with Gasteiger partial charge in [-0.15, -0.1) is 11.3 Å². The average Bonchev–Trinajstić information content (AvgIpc) is 3.10. The minimum absolute atomic E-state index is 0.0527. The van der Waals surface area contributed by atoms with Gasteiger partial charge in [-0.3, -0.25) is 4.79 Å². The number of thiophene rings is 1. The Morgan fingerprint density at radius 3 is 3.00 bits per heavy atom. The van der Waals surface area contributed by atoms with Crippen LogP contribution in [0.25, 0.3) is 0 Å². The van der Waals surface area contributed by atoms with Crippen molar-refractivity contribution >= 4 is 17.2 Å². The van der Waals surface area contributed by atoms with Gasteiger partial charge in [-0.05, 0) is 37.8 Å². The van der Waals surface area contributed by atoms with E-state index in [1.165, 1.54) is 17.7 Å². The summed E-state index contributed by atoms with van der Waals surface area (Å²) in [6, 6.07) is 3.97. The van der Waals surface area contributed by atoms with Gasteiger partial charge in [0.05, 0.1) is 19.1 Å². The van der Waals surface area contributed by atoms with Gasteiger partial charge in [0, 0.05) is 22.9 Å². The second-order valence-electron chi connectivity index (χ2n) is 5.13. The summed E-state index contributed by atoms with van der Waals surface area (Å²) in [6.07, 6.45) is 2.25. The first kappa shape index (κ1) is 14.5. The highest BCUT2D eigenvalue weighted by molar-refractivity contribution is 7.12. The van der Waals surface area contributed by atoms with Gasteiger partial charge in [0.15, 0.2) is 0 Å². The van der Waals surface area contributed by atoms with Gasteiger partial charge in [0.1, 0.15) is 0 Å². The first-order valence-electron chi connectivity index (χ1n) is 6.71. The number of aliphatic hydroxyl groups excluding tert-OH is 1. The smallest absolute Gasteiger partial charge is 0.225 e. The van der Waals surface area contributed by atoms with Crippen LogP contribution in [0.1, 0.15) is 22.6 Å². The molecule has 0 bridgehead atoms. The van der Waals surface area contributed by atoms with Crippen LogP contribution < -0.4 is 5.32 Å². The predicted molar refractivity (Wildman–Crippen MR) is 75.3 cm³/mol. The highest BCUT2D eigenvalue weighted by Gasteiger charge is 2.21. The summed E-state index contributed by atoms with van der Waals surface area (Å²) in [5, 5.41) is 12.4. The maximum Gasteiger partial charge on any atom is 0.225 e. The first-order chi connectivity index (χ1) is 9.13. The topological polar surface area (TPSA) is 58.6 Å². The fourth-order valence-electron chi connectivity index (χ4n) is 1.75. The van der Waals surface area contributed by atoms with Gasteiger partial charge in [-0.25, -0.2) is 0 Å². The maximum absolute atomic E-state index is 11.7. The quantitative estimate of drug-likeness (QED) is 0.760. The molecule has 5 heteroatoms. The molecule has 1 fully saturated rings. The molecule has 1 unspecified atom stereocenters. The Labute approximate surface area is 117 Å². The summed E-state index contributed by atoms with van der Waals surface area (Å²) in [5.74, 6) is 0.645. The van der Waals surface area contributed by atoms with Crippen LogP contribution >= 0.6 is 11.3 Å². The minimum atomic E-state index is -0.618. The Morgan fingerprint density at radius 2 is 2.37 bits per heavy atom. The molecule has 1 saturated carbocycles. The van der Waals surface area contributed by atoms with Crippen LogP contribution in [0.15, 0.2) is 12.1 Å². The number of amides is 1. The van der Waals surface area contributed by atoms with E-state index in [4.69, 9.17) is 4.74 Å². The highest BCUT2D eigenvalue weighted by atomic mass is 32.1. The minimum Gasteiger partial charge on any atom is -0.389 e. The number of ether oxygens (including phenoxy) is 1. The van der Waals surface area contributed by atoms with Crippen molar-refractivity contribution in [3.8, 4) is 0 Å². The van der Waals surface area contributed by atoms with Crippen LogP contribution in [0.3, 0.4) is 0 Å². The fourth-order valence-corrected chi connectivity index (χ4v) is 2.64. The Kier molecular flexibility index (Phi) is 5.36. The van der Waals surface area contributed by atoms with E-state index in [-0.39, 0.29) is 12.5 Å². The first-order valence-corrected chi connectivity index (χ1v) is 7.53. The van der Waals surface area contributed by atoms with Gasteiger partial charge in [-0.2, -0.15) is 0 Å². The SMILES string of the molecule is Cc1ccc(CC(=O)NCC(O)COCC2CC2)s1. The van der Waals surface area contributed by atoms with Crippen molar-refractivity contribution in [1.29, 1.82) is 0 Å². The molecule has 1 heterocycles. The van der Waals surface area contributed by atoms with E-state index < -0.39 is 6.10 Å². The van der Waals surface area contributed by atoms with Gasteiger partial charge in [-0.1, -0.05) is 0 Å². The van der Waals surface area contributed by atoms with Crippen molar-refractivity contribution in [2.24, 2.45) is 5.92 Å². The normalized spacial score (nSPS) is 16.3. The summed E-state index contributed by atoms with van der Waals surface area (Å²) in [7, 11) is 0. The molecular formula is C14H21NO3S. The lowest BCUT2D eigenvalue weighted by Crippen LogP contribution is -2.35. The number of carbonyl (C=O) groups excluding carboxylic acids is 1. The number of aryl methyl sites for hydroxylation is 1. The summed E-state index contributed by atoms with van der Waals surface area (Å²) in [5.41, 5.74) is 0. The van der Waals surface area contributed by atoms with Crippen LogP contribution in [0.5, 0.6) is 0 Å². The van der Waals surface area contributed by atoms with Crippen molar-refractivity contribution in [3.05, 3.63) is 21.9 Å². The molecule has 106 valence electrons. The Bertz CT molecular complexity index is 415. The van der Waals surface area contributed by atoms with Crippen LogP contribution in [0.2, 0.25) is 0 Å². The molecule has 1 aromatic heterocycles. The lowest BCUT2D eigenvalue weighted by atomic mass is 10.3. The fraction of sp³-hybridized carbons (Fsp3) is 0.643. The van der Waals surface area contributed by atoms with Crippen LogP contribution in [0.4, 0.5) is 0 Å². The second-order valence-corrected chi connectivity index (χ2v) is 6.50. The van der Waals surface area contributed by atoms with Crippen molar-refractivity contribution in [2.45, 2.75) is 32.3 Å². The number of hydrogen-bond donors (Lipinski definition) is 2. The Morgan fingerprint density at radius 1 is 1.58 bits per heavy atom. The van der Waals surface area contributed by atoms with Gasteiger partial charge in [0.25, 0.3) is 0 Å². The van der Waals surface area contributed by atoms with Crippen LogP contribution in [-0.4, -0.2) is 36.9 Å². The zero-order chi connectivity index (χ0) is 13.7. The third-order valence-electron chi connectivity index (χ3n) is 3.03. The lowest BCUT2D eigenvalue weighted by Gasteiger charge is -2.12. The van der Waals surface area contributed by atoms with Crippen molar-refractivity contribution in [2.75, 3.05) is 19.8 Å². The molecule has 2 N–H and O–H groups in total. The van der Waals surface area contributed by atoms with Crippen molar-refractivity contribution in [1.82, 2.24) is 5.32 Å². The molecule has 0 aromatic carbocycles. The van der Waals surface area contributed by atoms with Crippen molar-refractivity contribution < 1.29 is 14.6 Å². The average molecular weight is 283 g/mol. The molecular weight excluding hydrogens is 262 g/mol.